The van der Waals surface area contributed by atoms with Crippen LogP contribution in [0.15, 0.2) is 34.2 Å². The number of benzene rings is 1. The molecule has 1 aliphatic carbocycles. The summed E-state index contributed by atoms with van der Waals surface area (Å²) in [5.41, 5.74) is 1.01. The number of carbonyl (C=O) groups is 1. The zero-order chi connectivity index (χ0) is 28.8. The first-order valence-electron chi connectivity index (χ1n) is 14.0. The average Bonchev–Trinajstić information content (AvgIpc) is 3.83. The molecule has 0 radical (unpaired) electrons. The Morgan fingerprint density at radius 1 is 1.17 bits per heavy atom. The Morgan fingerprint density at radius 3 is 2.74 bits per heavy atom. The van der Waals surface area contributed by atoms with E-state index in [1.807, 2.05) is 28.5 Å². The summed E-state index contributed by atoms with van der Waals surface area (Å²) in [6.07, 6.45) is 6.32. The molecule has 7 rings (SSSR count). The number of furan rings is 1. The molecule has 5 heterocycles. The van der Waals surface area contributed by atoms with E-state index in [9.17, 15) is 9.90 Å². The molecule has 2 fully saturated rings. The fourth-order valence-electron chi connectivity index (χ4n) is 5.86. The van der Waals surface area contributed by atoms with Gasteiger partial charge in [-0.05, 0) is 55.9 Å². The molecule has 1 amide bonds. The van der Waals surface area contributed by atoms with Crippen LogP contribution in [0.5, 0.6) is 16.7 Å². The quantitative estimate of drug-likeness (QED) is 0.251. The number of ether oxygens (including phenoxy) is 3. The maximum Gasteiger partial charge on any atom is 0.294 e. The van der Waals surface area contributed by atoms with Crippen molar-refractivity contribution >= 4 is 44.5 Å². The van der Waals surface area contributed by atoms with Crippen molar-refractivity contribution in [3.63, 3.8) is 0 Å². The third kappa shape index (κ3) is 4.88. The Kier molecular flexibility index (Phi) is 7.03. The van der Waals surface area contributed by atoms with Gasteiger partial charge in [0.15, 0.2) is 5.76 Å². The number of amides is 1. The second-order valence-corrected chi connectivity index (χ2v) is 12.6. The lowest BCUT2D eigenvalue weighted by Crippen LogP contribution is -2.39. The van der Waals surface area contributed by atoms with Crippen molar-refractivity contribution in [2.24, 2.45) is 5.92 Å². The van der Waals surface area contributed by atoms with Gasteiger partial charge in [0.25, 0.3) is 5.19 Å². The molecule has 0 bridgehead atoms. The van der Waals surface area contributed by atoms with E-state index in [1.165, 1.54) is 22.7 Å². The average molecular weight is 610 g/mol. The lowest BCUT2D eigenvalue weighted by molar-refractivity contribution is -0.137. The number of nitrogens with zero attached hydrogens (tertiary/aromatic N) is 5. The van der Waals surface area contributed by atoms with Crippen LogP contribution in [0.1, 0.15) is 49.2 Å². The summed E-state index contributed by atoms with van der Waals surface area (Å²) in [5, 5.41) is 19.8. The standard InChI is InChI=1S/C29H31N5O6S2/c1-37-19-11-22(20-13-24(40-23(20)12-19)21-14-30-27-34(21)32-28(38-2)42-27)39-15-18-16-41-26(31-18)29(36)7-5-17(6-8-29)25(35)33-9-3-4-10-33/h11-14,16-17,36H,3-10,15H2,1-2H3. The van der Waals surface area contributed by atoms with Gasteiger partial charge in [-0.2, -0.15) is 4.52 Å². The Morgan fingerprint density at radius 2 is 1.98 bits per heavy atom. The lowest BCUT2D eigenvalue weighted by Gasteiger charge is -2.35. The predicted octanol–water partition coefficient (Wildman–Crippen LogP) is 5.26. The second-order valence-electron chi connectivity index (χ2n) is 10.8. The first-order valence-corrected chi connectivity index (χ1v) is 15.7. The van der Waals surface area contributed by atoms with E-state index >= 15 is 0 Å². The Balaban J connectivity index is 1.07. The number of methoxy groups -OCH3 is 2. The Bertz CT molecular complexity index is 1740. The molecule has 5 aromatic rings. The van der Waals surface area contributed by atoms with E-state index in [1.54, 1.807) is 24.9 Å². The first-order chi connectivity index (χ1) is 20.4. The van der Waals surface area contributed by atoms with Crippen LogP contribution in [-0.2, 0) is 17.0 Å². The molecule has 2 aliphatic rings. The van der Waals surface area contributed by atoms with E-state index in [0.29, 0.717) is 69.4 Å². The SMILES string of the molecule is COc1cc(OCc2csc(C3(O)CCC(C(=O)N4CCCC4)CC3)n2)c2cc(-c3cnc4sc(OC)nn34)oc2c1. The molecule has 11 nitrogen and oxygen atoms in total. The third-order valence-electron chi connectivity index (χ3n) is 8.21. The third-order valence-corrected chi connectivity index (χ3v) is 10.2. The molecule has 1 saturated heterocycles. The number of rotatable bonds is 8. The van der Waals surface area contributed by atoms with Crippen LogP contribution in [0, 0.1) is 5.92 Å². The summed E-state index contributed by atoms with van der Waals surface area (Å²) >= 11 is 2.78. The van der Waals surface area contributed by atoms with Crippen molar-refractivity contribution in [2.45, 2.75) is 50.7 Å². The highest BCUT2D eigenvalue weighted by molar-refractivity contribution is 7.18. The van der Waals surface area contributed by atoms with Crippen molar-refractivity contribution < 1.29 is 28.5 Å². The van der Waals surface area contributed by atoms with Crippen LogP contribution < -0.4 is 14.2 Å². The summed E-state index contributed by atoms with van der Waals surface area (Å²) in [4.78, 5) is 24.7. The molecular weight excluding hydrogens is 578 g/mol. The number of hydrogen-bond donors (Lipinski definition) is 1. The van der Waals surface area contributed by atoms with Gasteiger partial charge in [-0.3, -0.25) is 4.79 Å². The van der Waals surface area contributed by atoms with E-state index in [2.05, 4.69) is 10.1 Å². The van der Waals surface area contributed by atoms with Gasteiger partial charge in [0.1, 0.15) is 40.0 Å². The van der Waals surface area contributed by atoms with Crippen LogP contribution >= 0.6 is 22.7 Å². The van der Waals surface area contributed by atoms with Crippen LogP contribution in [0.25, 0.3) is 27.4 Å². The normalized spacial score (nSPS) is 20.9. The fraction of sp³-hybridized carbons (Fsp3) is 0.448. The van der Waals surface area contributed by atoms with E-state index in [0.717, 1.165) is 37.0 Å². The van der Waals surface area contributed by atoms with E-state index in [4.69, 9.17) is 23.6 Å². The molecule has 1 aliphatic heterocycles. The topological polar surface area (TPSA) is 124 Å². The van der Waals surface area contributed by atoms with Gasteiger partial charge in [0.2, 0.25) is 10.9 Å². The monoisotopic (exact) mass is 609 g/mol. The molecule has 13 heteroatoms. The molecule has 220 valence electrons. The predicted molar refractivity (Wildman–Crippen MR) is 157 cm³/mol. The lowest BCUT2D eigenvalue weighted by atomic mass is 9.78. The summed E-state index contributed by atoms with van der Waals surface area (Å²) < 4.78 is 24.9. The Hall–Kier alpha value is -3.68. The van der Waals surface area contributed by atoms with Crippen LogP contribution in [0.3, 0.4) is 0 Å². The van der Waals surface area contributed by atoms with Crippen LogP contribution in [-0.4, -0.2) is 62.8 Å². The highest BCUT2D eigenvalue weighted by Gasteiger charge is 2.40. The van der Waals surface area contributed by atoms with Crippen molar-refractivity contribution in [3.05, 3.63) is 40.5 Å². The van der Waals surface area contributed by atoms with Gasteiger partial charge in [-0.25, -0.2) is 9.97 Å². The van der Waals surface area contributed by atoms with Gasteiger partial charge >= 0.3 is 0 Å². The highest BCUT2D eigenvalue weighted by atomic mass is 32.1. The Labute approximate surface area is 249 Å². The number of likely N-dealkylation sites (tertiary alicyclic amines) is 1. The maximum absolute atomic E-state index is 12.8. The molecule has 0 spiro atoms. The van der Waals surface area contributed by atoms with Crippen molar-refractivity contribution in [2.75, 3.05) is 27.3 Å². The minimum Gasteiger partial charge on any atom is -0.496 e. The number of imidazole rings is 1. The number of aromatic nitrogens is 4. The largest absolute Gasteiger partial charge is 0.496 e. The number of fused-ring (bicyclic) bond motifs is 2. The zero-order valence-corrected chi connectivity index (χ0v) is 25.0. The summed E-state index contributed by atoms with van der Waals surface area (Å²) in [6, 6.07) is 5.53. The first kappa shape index (κ1) is 27.2. The van der Waals surface area contributed by atoms with Gasteiger partial charge in [0.05, 0.1) is 31.5 Å². The summed E-state index contributed by atoms with van der Waals surface area (Å²) in [7, 11) is 3.17. The van der Waals surface area contributed by atoms with Gasteiger partial charge in [-0.1, -0.05) is 0 Å². The number of hydrogen-bond acceptors (Lipinski definition) is 11. The smallest absolute Gasteiger partial charge is 0.294 e. The molecule has 1 saturated carbocycles. The van der Waals surface area contributed by atoms with E-state index < -0.39 is 5.60 Å². The molecule has 4 aromatic heterocycles. The van der Waals surface area contributed by atoms with Gasteiger partial charge in [-0.15, -0.1) is 16.4 Å². The molecule has 42 heavy (non-hydrogen) atoms. The molecule has 0 atom stereocenters. The summed E-state index contributed by atoms with van der Waals surface area (Å²) in [5.74, 6) is 2.02. The zero-order valence-electron chi connectivity index (χ0n) is 23.4. The van der Waals surface area contributed by atoms with Crippen molar-refractivity contribution in [1.82, 2.24) is 24.5 Å². The second kappa shape index (κ2) is 10.9. The van der Waals surface area contributed by atoms with E-state index in [-0.39, 0.29) is 18.4 Å². The fourth-order valence-corrected chi connectivity index (χ4v) is 7.52. The molecule has 1 aromatic carbocycles. The number of thiazole rings is 1. The van der Waals surface area contributed by atoms with Crippen LogP contribution in [0.2, 0.25) is 0 Å². The maximum atomic E-state index is 12.8. The number of aliphatic hydroxyl groups is 1. The van der Waals surface area contributed by atoms with Gasteiger partial charge < -0.3 is 28.6 Å². The minimum atomic E-state index is -1.01. The minimum absolute atomic E-state index is 0.00216. The molecule has 0 unspecified atom stereocenters. The summed E-state index contributed by atoms with van der Waals surface area (Å²) in [6.45, 7) is 1.94. The van der Waals surface area contributed by atoms with Crippen LogP contribution in [0.4, 0.5) is 0 Å². The van der Waals surface area contributed by atoms with Gasteiger partial charge in [0, 0.05) is 36.5 Å². The molecule has 1 N–H and O–H groups in total. The number of carbonyl (C=O) groups excluding carboxylic acids is 1. The highest BCUT2D eigenvalue weighted by Crippen LogP contribution is 2.42. The van der Waals surface area contributed by atoms with Crippen molar-refractivity contribution in [3.8, 4) is 28.1 Å². The molecular formula is C29H31N5O6S2. The van der Waals surface area contributed by atoms with Crippen molar-refractivity contribution in [1.29, 1.82) is 0 Å².